The van der Waals surface area contributed by atoms with Crippen LogP contribution in [0, 0.1) is 0 Å². The van der Waals surface area contributed by atoms with E-state index < -0.39 is 0 Å². The maximum atomic E-state index is 12.0. The van der Waals surface area contributed by atoms with Crippen LogP contribution in [-0.4, -0.2) is 45.7 Å². The number of methoxy groups -OCH3 is 2. The Morgan fingerprint density at radius 3 is 2.71 bits per heavy atom. The molecule has 8 heteroatoms. The van der Waals surface area contributed by atoms with Crippen LogP contribution < -0.4 is 15.0 Å². The first-order valence-electron chi connectivity index (χ1n) is 7.42. The summed E-state index contributed by atoms with van der Waals surface area (Å²) in [4.78, 5) is 22.4. The second-order valence-corrected chi connectivity index (χ2v) is 5.47. The Morgan fingerprint density at radius 2 is 1.96 bits per heavy atom. The summed E-state index contributed by atoms with van der Waals surface area (Å²) in [6, 6.07) is 7.31. The van der Waals surface area contributed by atoms with E-state index in [1.807, 2.05) is 25.2 Å². The summed E-state index contributed by atoms with van der Waals surface area (Å²) >= 11 is 0. The maximum absolute atomic E-state index is 12.0. The van der Waals surface area contributed by atoms with Crippen LogP contribution in [0.1, 0.15) is 11.3 Å². The highest BCUT2D eigenvalue weighted by Crippen LogP contribution is 2.28. The predicted molar refractivity (Wildman–Crippen MR) is 88.3 cm³/mol. The fourth-order valence-electron chi connectivity index (χ4n) is 2.57. The summed E-state index contributed by atoms with van der Waals surface area (Å²) in [7, 11) is 5.19. The highest BCUT2D eigenvalue weighted by atomic mass is 16.5. The summed E-state index contributed by atoms with van der Waals surface area (Å²) in [6.07, 6.45) is 1.45. The van der Waals surface area contributed by atoms with Gasteiger partial charge in [-0.2, -0.15) is 4.52 Å². The maximum Gasteiger partial charge on any atom is 0.274 e. The van der Waals surface area contributed by atoms with Crippen LogP contribution in [-0.2, 0) is 13.1 Å². The number of aromatic amines is 1. The monoisotopic (exact) mass is 329 g/mol. The van der Waals surface area contributed by atoms with Crippen LogP contribution in [0.25, 0.3) is 5.78 Å². The normalized spacial score (nSPS) is 11.2. The molecule has 3 rings (SSSR count). The number of aromatic nitrogens is 4. The quantitative estimate of drug-likeness (QED) is 0.728. The zero-order valence-corrected chi connectivity index (χ0v) is 13.8. The van der Waals surface area contributed by atoms with Gasteiger partial charge in [0.2, 0.25) is 0 Å². The zero-order chi connectivity index (χ0) is 17.1. The lowest BCUT2D eigenvalue weighted by Crippen LogP contribution is -2.22. The van der Waals surface area contributed by atoms with Gasteiger partial charge in [-0.15, -0.1) is 0 Å². The number of nitrogens with zero attached hydrogens (tertiary/aromatic N) is 4. The Kier molecular flexibility index (Phi) is 4.48. The number of hydrogen-bond donors (Lipinski definition) is 1. The van der Waals surface area contributed by atoms with E-state index in [2.05, 4.69) is 20.0 Å². The zero-order valence-electron chi connectivity index (χ0n) is 13.8. The summed E-state index contributed by atoms with van der Waals surface area (Å²) in [5.41, 5.74) is 1.58. The van der Waals surface area contributed by atoms with Gasteiger partial charge in [-0.3, -0.25) is 14.8 Å². The van der Waals surface area contributed by atoms with Gasteiger partial charge in [-0.25, -0.2) is 9.97 Å². The molecule has 126 valence electrons. The largest absolute Gasteiger partial charge is 0.493 e. The molecule has 0 fully saturated rings. The fraction of sp³-hybridized carbons (Fsp3) is 0.312. The Bertz CT molecular complexity index is 902. The molecule has 8 nitrogen and oxygen atoms in total. The van der Waals surface area contributed by atoms with E-state index in [-0.39, 0.29) is 5.56 Å². The molecular weight excluding hydrogens is 310 g/mol. The van der Waals surface area contributed by atoms with Gasteiger partial charge in [0, 0.05) is 19.2 Å². The second kappa shape index (κ2) is 6.71. The molecule has 0 saturated heterocycles. The second-order valence-electron chi connectivity index (χ2n) is 5.47. The van der Waals surface area contributed by atoms with E-state index in [0.29, 0.717) is 36.1 Å². The minimum atomic E-state index is -0.174. The molecule has 24 heavy (non-hydrogen) atoms. The number of fused-ring (bicyclic) bond motifs is 1. The molecule has 2 aromatic heterocycles. The van der Waals surface area contributed by atoms with Gasteiger partial charge < -0.3 is 9.47 Å². The lowest BCUT2D eigenvalue weighted by molar-refractivity contribution is 0.312. The summed E-state index contributed by atoms with van der Waals surface area (Å²) < 4.78 is 11.9. The molecule has 0 atom stereocenters. The third kappa shape index (κ3) is 3.23. The number of hydrogen-bond acceptors (Lipinski definition) is 6. The Balaban J connectivity index is 1.74. The molecule has 0 amide bonds. The fourth-order valence-corrected chi connectivity index (χ4v) is 2.57. The molecule has 3 aromatic rings. The molecule has 0 spiro atoms. The molecule has 1 aromatic carbocycles. The van der Waals surface area contributed by atoms with E-state index in [1.54, 1.807) is 14.2 Å². The van der Waals surface area contributed by atoms with Crippen LogP contribution in [0.5, 0.6) is 11.5 Å². The minimum absolute atomic E-state index is 0.174. The van der Waals surface area contributed by atoms with Crippen molar-refractivity contribution in [2.45, 2.75) is 13.1 Å². The van der Waals surface area contributed by atoms with Gasteiger partial charge in [0.1, 0.15) is 6.33 Å². The Labute approximate surface area is 138 Å². The van der Waals surface area contributed by atoms with Gasteiger partial charge >= 0.3 is 0 Å². The van der Waals surface area contributed by atoms with Gasteiger partial charge in [0.15, 0.2) is 11.5 Å². The first-order chi connectivity index (χ1) is 11.6. The van der Waals surface area contributed by atoms with Crippen LogP contribution in [0.3, 0.4) is 0 Å². The summed E-state index contributed by atoms with van der Waals surface area (Å²) in [6.45, 7) is 1.22. The molecular formula is C16H19N5O3. The Hall–Kier alpha value is -2.87. The molecule has 0 aliphatic carbocycles. The number of nitrogens with one attached hydrogen (secondary N) is 1. The minimum Gasteiger partial charge on any atom is -0.493 e. The van der Waals surface area contributed by atoms with Gasteiger partial charge in [0.05, 0.1) is 19.9 Å². The van der Waals surface area contributed by atoms with E-state index in [0.717, 1.165) is 5.56 Å². The van der Waals surface area contributed by atoms with E-state index in [4.69, 9.17) is 9.47 Å². The summed E-state index contributed by atoms with van der Waals surface area (Å²) in [5.74, 6) is 1.76. The van der Waals surface area contributed by atoms with Crippen molar-refractivity contribution in [3.05, 3.63) is 52.2 Å². The van der Waals surface area contributed by atoms with Crippen LogP contribution in [0.4, 0.5) is 0 Å². The van der Waals surface area contributed by atoms with Gasteiger partial charge in [0.25, 0.3) is 11.3 Å². The summed E-state index contributed by atoms with van der Waals surface area (Å²) in [5, 5.41) is 2.72. The van der Waals surface area contributed by atoms with Crippen molar-refractivity contribution in [2.75, 3.05) is 21.3 Å². The van der Waals surface area contributed by atoms with Crippen molar-refractivity contribution in [1.29, 1.82) is 0 Å². The average molecular weight is 329 g/mol. The Morgan fingerprint density at radius 1 is 1.17 bits per heavy atom. The van der Waals surface area contributed by atoms with Crippen molar-refractivity contribution in [3.63, 3.8) is 0 Å². The number of ether oxygens (including phenoxy) is 2. The predicted octanol–water partition coefficient (Wildman–Crippen LogP) is 1.07. The van der Waals surface area contributed by atoms with E-state index >= 15 is 0 Å². The third-order valence-electron chi connectivity index (χ3n) is 3.65. The smallest absolute Gasteiger partial charge is 0.274 e. The highest BCUT2D eigenvalue weighted by Gasteiger charge is 2.09. The van der Waals surface area contributed by atoms with Crippen molar-refractivity contribution >= 4 is 5.78 Å². The van der Waals surface area contributed by atoms with E-state index in [1.165, 1.54) is 16.9 Å². The molecule has 1 N–H and O–H groups in total. The van der Waals surface area contributed by atoms with Crippen LogP contribution >= 0.6 is 0 Å². The van der Waals surface area contributed by atoms with Gasteiger partial charge in [-0.05, 0) is 24.7 Å². The van der Waals surface area contributed by atoms with Crippen LogP contribution in [0.15, 0.2) is 35.4 Å². The standard InChI is InChI=1S/C16H19N5O3/c1-20(8-11-4-5-13(23-2)14(6-11)24-3)9-12-7-15(22)21-16(19-12)17-10-18-21/h4-7,10H,8-9H2,1-3H3,(H,17,18,19). The number of rotatable bonds is 6. The third-order valence-corrected chi connectivity index (χ3v) is 3.65. The van der Waals surface area contributed by atoms with Crippen molar-refractivity contribution in [2.24, 2.45) is 0 Å². The van der Waals surface area contributed by atoms with Crippen molar-refractivity contribution < 1.29 is 9.47 Å². The molecule has 0 radical (unpaired) electrons. The molecule has 0 unspecified atom stereocenters. The van der Waals surface area contributed by atoms with Crippen LogP contribution in [0.2, 0.25) is 0 Å². The topological polar surface area (TPSA) is 84.8 Å². The number of benzene rings is 1. The first-order valence-corrected chi connectivity index (χ1v) is 7.42. The molecule has 0 aliphatic rings. The molecule has 0 bridgehead atoms. The van der Waals surface area contributed by atoms with Crippen molar-refractivity contribution in [3.8, 4) is 11.5 Å². The lowest BCUT2D eigenvalue weighted by Gasteiger charge is -2.17. The highest BCUT2D eigenvalue weighted by molar-refractivity contribution is 5.42. The molecule has 2 heterocycles. The van der Waals surface area contributed by atoms with Gasteiger partial charge in [-0.1, -0.05) is 6.07 Å². The molecule has 0 aliphatic heterocycles. The number of H-pyrrole nitrogens is 1. The first kappa shape index (κ1) is 16.0. The molecule has 0 saturated carbocycles. The van der Waals surface area contributed by atoms with Crippen molar-refractivity contribution in [1.82, 2.24) is 24.5 Å². The lowest BCUT2D eigenvalue weighted by atomic mass is 10.2. The van der Waals surface area contributed by atoms with E-state index in [9.17, 15) is 4.79 Å². The SMILES string of the molecule is COc1ccc(CN(C)Cc2cc(=O)n3[nH]cnc3n2)cc1OC. The average Bonchev–Trinajstić information content (AvgIpc) is 3.03.